The van der Waals surface area contributed by atoms with Crippen molar-refractivity contribution >= 4 is 15.9 Å². The van der Waals surface area contributed by atoms with E-state index in [1.54, 1.807) is 6.26 Å². The molecular weight excluding hydrogens is 248 g/mol. The van der Waals surface area contributed by atoms with Crippen LogP contribution in [-0.4, -0.2) is 19.3 Å². The van der Waals surface area contributed by atoms with Crippen molar-refractivity contribution in [2.24, 2.45) is 0 Å². The lowest BCUT2D eigenvalue weighted by atomic mass is 10.1. The maximum absolute atomic E-state index is 5.72. The molecule has 0 bridgehead atoms. The molecule has 3 nitrogen and oxygen atoms in total. The topological polar surface area (TPSA) is 31.6 Å². The van der Waals surface area contributed by atoms with Crippen LogP contribution in [0.4, 0.5) is 0 Å². The van der Waals surface area contributed by atoms with Crippen molar-refractivity contribution in [2.75, 3.05) is 13.2 Å². The Labute approximate surface area is 91.5 Å². The second-order valence-corrected chi connectivity index (χ2v) is 4.16. The summed E-state index contributed by atoms with van der Waals surface area (Å²) >= 11 is 3.26. The van der Waals surface area contributed by atoms with Gasteiger partial charge in [0.15, 0.2) is 4.67 Å². The summed E-state index contributed by atoms with van der Waals surface area (Å²) in [6.07, 6.45) is 4.05. The monoisotopic (exact) mass is 260 g/mol. The minimum atomic E-state index is 0.345. The minimum absolute atomic E-state index is 0.345. The number of ether oxygens (including phenoxy) is 2. The summed E-state index contributed by atoms with van der Waals surface area (Å²) in [7, 11) is 0. The van der Waals surface area contributed by atoms with Crippen molar-refractivity contribution in [3.63, 3.8) is 0 Å². The van der Waals surface area contributed by atoms with E-state index < -0.39 is 0 Å². The molecule has 0 aliphatic carbocycles. The fourth-order valence-electron chi connectivity index (χ4n) is 1.48. The summed E-state index contributed by atoms with van der Waals surface area (Å²) in [5, 5.41) is 0. The van der Waals surface area contributed by atoms with Crippen LogP contribution in [0.3, 0.4) is 0 Å². The molecule has 0 spiro atoms. The molecule has 0 N–H and O–H groups in total. The van der Waals surface area contributed by atoms with Gasteiger partial charge in [-0.05, 0) is 34.8 Å². The molecule has 1 aromatic rings. The summed E-state index contributed by atoms with van der Waals surface area (Å²) in [4.78, 5) is 0. The SMILES string of the molecule is Brc1cc(COC2CCOCC2)co1. The van der Waals surface area contributed by atoms with Crippen LogP contribution in [0.1, 0.15) is 18.4 Å². The molecule has 0 saturated carbocycles. The number of halogens is 1. The normalized spacial score (nSPS) is 18.6. The Bertz CT molecular complexity index is 279. The summed E-state index contributed by atoms with van der Waals surface area (Å²) < 4.78 is 16.8. The van der Waals surface area contributed by atoms with Crippen LogP contribution >= 0.6 is 15.9 Å². The Hall–Kier alpha value is -0.320. The summed E-state index contributed by atoms with van der Waals surface area (Å²) in [6.45, 7) is 2.26. The van der Waals surface area contributed by atoms with E-state index in [0.29, 0.717) is 12.7 Å². The number of hydrogen-bond donors (Lipinski definition) is 0. The lowest BCUT2D eigenvalue weighted by Crippen LogP contribution is -2.23. The predicted octanol–water partition coefficient (Wildman–Crippen LogP) is 2.74. The maximum Gasteiger partial charge on any atom is 0.169 e. The smallest absolute Gasteiger partial charge is 0.169 e. The Balaban J connectivity index is 1.76. The average molecular weight is 261 g/mol. The average Bonchev–Trinajstić information content (AvgIpc) is 2.63. The molecule has 14 heavy (non-hydrogen) atoms. The van der Waals surface area contributed by atoms with Gasteiger partial charge in [-0.25, -0.2) is 0 Å². The quantitative estimate of drug-likeness (QED) is 0.838. The fraction of sp³-hybridized carbons (Fsp3) is 0.600. The molecule has 0 amide bonds. The molecule has 1 aliphatic heterocycles. The Kier molecular flexibility index (Phi) is 3.61. The summed E-state index contributed by atoms with van der Waals surface area (Å²) in [5.41, 5.74) is 1.07. The molecule has 0 aromatic carbocycles. The van der Waals surface area contributed by atoms with E-state index >= 15 is 0 Å². The number of hydrogen-bond acceptors (Lipinski definition) is 3. The zero-order valence-corrected chi connectivity index (χ0v) is 9.46. The highest BCUT2D eigenvalue weighted by atomic mass is 79.9. The van der Waals surface area contributed by atoms with Crippen LogP contribution in [0.15, 0.2) is 21.4 Å². The van der Waals surface area contributed by atoms with Gasteiger partial charge >= 0.3 is 0 Å². The predicted molar refractivity (Wildman–Crippen MR) is 55.0 cm³/mol. The molecule has 0 radical (unpaired) electrons. The Morgan fingerprint density at radius 3 is 2.86 bits per heavy atom. The molecule has 4 heteroatoms. The highest BCUT2D eigenvalue weighted by molar-refractivity contribution is 9.10. The van der Waals surface area contributed by atoms with E-state index in [2.05, 4.69) is 15.9 Å². The van der Waals surface area contributed by atoms with E-state index in [-0.39, 0.29) is 0 Å². The standard InChI is InChI=1S/C10H13BrO3/c11-10-5-8(7-14-10)6-13-9-1-3-12-4-2-9/h5,7,9H,1-4,6H2. The van der Waals surface area contributed by atoms with Crippen LogP contribution in [0.25, 0.3) is 0 Å². The molecule has 0 atom stereocenters. The van der Waals surface area contributed by atoms with Crippen LogP contribution < -0.4 is 0 Å². The van der Waals surface area contributed by atoms with Crippen molar-refractivity contribution in [3.05, 3.63) is 22.6 Å². The third-order valence-corrected chi connectivity index (χ3v) is 2.69. The van der Waals surface area contributed by atoms with Crippen molar-refractivity contribution in [3.8, 4) is 0 Å². The fourth-order valence-corrected chi connectivity index (χ4v) is 1.87. The molecule has 1 aromatic heterocycles. The van der Waals surface area contributed by atoms with Gasteiger partial charge in [-0.15, -0.1) is 0 Å². The molecule has 78 valence electrons. The van der Waals surface area contributed by atoms with Crippen molar-refractivity contribution in [2.45, 2.75) is 25.6 Å². The van der Waals surface area contributed by atoms with E-state index in [9.17, 15) is 0 Å². The second-order valence-electron chi connectivity index (χ2n) is 3.38. The van der Waals surface area contributed by atoms with Gasteiger partial charge in [0.05, 0.1) is 19.0 Å². The van der Waals surface area contributed by atoms with Crippen LogP contribution in [0.2, 0.25) is 0 Å². The van der Waals surface area contributed by atoms with Gasteiger partial charge in [0.2, 0.25) is 0 Å². The largest absolute Gasteiger partial charge is 0.457 e. The van der Waals surface area contributed by atoms with Gasteiger partial charge < -0.3 is 13.9 Å². The lowest BCUT2D eigenvalue weighted by Gasteiger charge is -2.21. The molecule has 1 fully saturated rings. The first-order valence-corrected chi connectivity index (χ1v) is 5.56. The first kappa shape index (κ1) is 10.2. The van der Waals surface area contributed by atoms with Crippen LogP contribution in [0.5, 0.6) is 0 Å². The highest BCUT2D eigenvalue weighted by Gasteiger charge is 2.14. The molecular formula is C10H13BrO3. The van der Waals surface area contributed by atoms with E-state index in [1.165, 1.54) is 0 Å². The zero-order chi connectivity index (χ0) is 9.80. The van der Waals surface area contributed by atoms with Gasteiger partial charge in [-0.2, -0.15) is 0 Å². The second kappa shape index (κ2) is 4.96. The summed E-state index contributed by atoms with van der Waals surface area (Å²) in [6, 6.07) is 1.93. The van der Waals surface area contributed by atoms with Gasteiger partial charge in [-0.3, -0.25) is 0 Å². The van der Waals surface area contributed by atoms with E-state index in [4.69, 9.17) is 13.9 Å². The van der Waals surface area contributed by atoms with Crippen LogP contribution in [0, 0.1) is 0 Å². The molecule has 0 unspecified atom stereocenters. The van der Waals surface area contributed by atoms with Gasteiger partial charge in [0.25, 0.3) is 0 Å². The van der Waals surface area contributed by atoms with Crippen molar-refractivity contribution in [1.82, 2.24) is 0 Å². The van der Waals surface area contributed by atoms with E-state index in [0.717, 1.165) is 36.3 Å². The van der Waals surface area contributed by atoms with Crippen molar-refractivity contribution < 1.29 is 13.9 Å². The van der Waals surface area contributed by atoms with Gasteiger partial charge in [-0.1, -0.05) is 0 Å². The number of rotatable bonds is 3. The lowest BCUT2D eigenvalue weighted by molar-refractivity contribution is -0.0391. The number of furan rings is 1. The Morgan fingerprint density at radius 2 is 2.21 bits per heavy atom. The maximum atomic E-state index is 5.72. The first-order chi connectivity index (χ1) is 6.84. The summed E-state index contributed by atoms with van der Waals surface area (Å²) in [5.74, 6) is 0. The zero-order valence-electron chi connectivity index (χ0n) is 7.87. The van der Waals surface area contributed by atoms with Crippen molar-refractivity contribution in [1.29, 1.82) is 0 Å². The van der Waals surface area contributed by atoms with E-state index in [1.807, 2.05) is 6.07 Å². The molecule has 1 saturated heterocycles. The first-order valence-electron chi connectivity index (χ1n) is 4.77. The third-order valence-electron chi connectivity index (χ3n) is 2.28. The van der Waals surface area contributed by atoms with Gasteiger partial charge in [0, 0.05) is 18.8 Å². The minimum Gasteiger partial charge on any atom is -0.457 e. The molecule has 2 rings (SSSR count). The molecule has 2 heterocycles. The van der Waals surface area contributed by atoms with Gasteiger partial charge in [0.1, 0.15) is 0 Å². The third kappa shape index (κ3) is 2.83. The van der Waals surface area contributed by atoms with Crippen LogP contribution in [-0.2, 0) is 16.1 Å². The highest BCUT2D eigenvalue weighted by Crippen LogP contribution is 2.17. The Morgan fingerprint density at radius 1 is 1.43 bits per heavy atom. The molecule has 1 aliphatic rings.